The Morgan fingerprint density at radius 3 is 2.29 bits per heavy atom. The SMILES string of the molecule is C=CC1(CCC=C(C)C)CC(CC(C)C)OC1CC(C)C. The first kappa shape index (κ1) is 18.5. The van der Waals surface area contributed by atoms with Gasteiger partial charge in [0.1, 0.15) is 0 Å². The second-order valence-corrected chi connectivity index (χ2v) is 7.97. The van der Waals surface area contributed by atoms with Crippen molar-refractivity contribution in [2.24, 2.45) is 17.3 Å². The van der Waals surface area contributed by atoms with Crippen LogP contribution in [-0.2, 0) is 4.74 Å². The molecule has 1 aliphatic rings. The molecule has 1 nitrogen and oxygen atoms in total. The van der Waals surface area contributed by atoms with Crippen LogP contribution in [0.2, 0.25) is 0 Å². The standard InChI is InChI=1S/C20H36O/c1-8-20(11-9-10-15(2)3)14-18(12-16(4)5)21-19(20)13-17(6)7/h8,10,16-19H,1,9,11-14H2,2-7H3. The molecule has 0 N–H and O–H groups in total. The third-order valence-corrected chi connectivity index (χ3v) is 4.59. The summed E-state index contributed by atoms with van der Waals surface area (Å²) >= 11 is 0. The molecule has 1 aliphatic heterocycles. The maximum atomic E-state index is 6.46. The van der Waals surface area contributed by atoms with Crippen molar-refractivity contribution in [3.8, 4) is 0 Å². The molecule has 0 aromatic carbocycles. The van der Waals surface area contributed by atoms with Gasteiger partial charge in [0.25, 0.3) is 0 Å². The lowest BCUT2D eigenvalue weighted by atomic mass is 9.73. The van der Waals surface area contributed by atoms with E-state index in [1.54, 1.807) is 0 Å². The molecule has 1 saturated heterocycles. The van der Waals surface area contributed by atoms with E-state index in [-0.39, 0.29) is 5.41 Å². The summed E-state index contributed by atoms with van der Waals surface area (Å²) in [4.78, 5) is 0. The first-order valence-corrected chi connectivity index (χ1v) is 8.71. The fourth-order valence-corrected chi connectivity index (χ4v) is 3.56. The lowest BCUT2D eigenvalue weighted by Gasteiger charge is -2.31. The molecule has 21 heavy (non-hydrogen) atoms. The lowest BCUT2D eigenvalue weighted by molar-refractivity contribution is 0.000871. The van der Waals surface area contributed by atoms with Crippen molar-refractivity contribution in [3.05, 3.63) is 24.3 Å². The summed E-state index contributed by atoms with van der Waals surface area (Å²) in [5.41, 5.74) is 1.59. The summed E-state index contributed by atoms with van der Waals surface area (Å²) in [5, 5.41) is 0. The highest BCUT2D eigenvalue weighted by Gasteiger charge is 2.45. The Kier molecular flexibility index (Phi) is 7.20. The lowest BCUT2D eigenvalue weighted by Crippen LogP contribution is -2.30. The van der Waals surface area contributed by atoms with E-state index < -0.39 is 0 Å². The molecule has 3 unspecified atom stereocenters. The smallest absolute Gasteiger partial charge is 0.0672 e. The van der Waals surface area contributed by atoms with E-state index in [9.17, 15) is 0 Å². The topological polar surface area (TPSA) is 9.23 Å². The van der Waals surface area contributed by atoms with Gasteiger partial charge < -0.3 is 4.74 Å². The fraction of sp³-hybridized carbons (Fsp3) is 0.800. The van der Waals surface area contributed by atoms with E-state index in [1.807, 2.05) is 0 Å². The Balaban J connectivity index is 2.83. The molecule has 1 fully saturated rings. The molecule has 0 aromatic rings. The van der Waals surface area contributed by atoms with E-state index >= 15 is 0 Å². The molecule has 0 bridgehead atoms. The Morgan fingerprint density at radius 2 is 1.81 bits per heavy atom. The molecule has 0 amide bonds. The van der Waals surface area contributed by atoms with Crippen molar-refractivity contribution in [1.29, 1.82) is 0 Å². The van der Waals surface area contributed by atoms with Crippen LogP contribution < -0.4 is 0 Å². The Morgan fingerprint density at radius 1 is 1.19 bits per heavy atom. The van der Waals surface area contributed by atoms with Gasteiger partial charge in [-0.05, 0) is 57.8 Å². The molecule has 1 rings (SSSR count). The van der Waals surface area contributed by atoms with Crippen molar-refractivity contribution >= 4 is 0 Å². The van der Waals surface area contributed by atoms with Gasteiger partial charge in [-0.15, -0.1) is 6.58 Å². The number of hydrogen-bond donors (Lipinski definition) is 0. The van der Waals surface area contributed by atoms with Crippen molar-refractivity contribution in [2.45, 2.75) is 85.9 Å². The van der Waals surface area contributed by atoms with Crippen LogP contribution in [0, 0.1) is 17.3 Å². The van der Waals surface area contributed by atoms with Gasteiger partial charge in [-0.25, -0.2) is 0 Å². The number of allylic oxidation sites excluding steroid dienone is 2. The van der Waals surface area contributed by atoms with E-state index in [1.165, 1.54) is 18.4 Å². The van der Waals surface area contributed by atoms with Crippen LogP contribution in [0.15, 0.2) is 24.3 Å². The zero-order valence-electron chi connectivity index (χ0n) is 15.1. The average molecular weight is 293 g/mol. The summed E-state index contributed by atoms with van der Waals surface area (Å²) in [5.74, 6) is 1.38. The van der Waals surface area contributed by atoms with Crippen molar-refractivity contribution in [1.82, 2.24) is 0 Å². The molecule has 1 heteroatoms. The van der Waals surface area contributed by atoms with Crippen LogP contribution in [0.3, 0.4) is 0 Å². The van der Waals surface area contributed by atoms with Crippen molar-refractivity contribution in [3.63, 3.8) is 0 Å². The molecule has 122 valence electrons. The Hall–Kier alpha value is -0.560. The predicted molar refractivity (Wildman–Crippen MR) is 93.5 cm³/mol. The van der Waals surface area contributed by atoms with Crippen molar-refractivity contribution in [2.75, 3.05) is 0 Å². The normalized spacial score (nSPS) is 29.1. The Bertz CT molecular complexity index is 349. The predicted octanol–water partition coefficient (Wildman–Crippen LogP) is 6.15. The average Bonchev–Trinajstić information content (AvgIpc) is 2.65. The summed E-state index contributed by atoms with van der Waals surface area (Å²) in [7, 11) is 0. The van der Waals surface area contributed by atoms with Crippen LogP contribution in [0.1, 0.15) is 73.6 Å². The highest BCUT2D eigenvalue weighted by Crippen LogP contribution is 2.47. The molecule has 1 heterocycles. The van der Waals surface area contributed by atoms with Gasteiger partial charge in [0.2, 0.25) is 0 Å². The molecule has 0 saturated carbocycles. The minimum absolute atomic E-state index is 0.176. The van der Waals surface area contributed by atoms with Crippen molar-refractivity contribution < 1.29 is 4.74 Å². The first-order chi connectivity index (χ1) is 9.79. The molecule has 0 spiro atoms. The summed E-state index contributed by atoms with van der Waals surface area (Å²) in [6.07, 6.45) is 11.1. The third-order valence-electron chi connectivity index (χ3n) is 4.59. The van der Waals surface area contributed by atoms with E-state index in [2.05, 4.69) is 60.3 Å². The number of ether oxygens (including phenoxy) is 1. The molecular formula is C20H36O. The van der Waals surface area contributed by atoms with E-state index in [0.29, 0.717) is 24.0 Å². The molecule has 0 aliphatic carbocycles. The largest absolute Gasteiger partial charge is 0.374 e. The minimum atomic E-state index is 0.176. The summed E-state index contributed by atoms with van der Waals surface area (Å²) < 4.78 is 6.46. The zero-order valence-corrected chi connectivity index (χ0v) is 15.1. The van der Waals surface area contributed by atoms with Gasteiger partial charge in [0, 0.05) is 5.41 Å². The van der Waals surface area contributed by atoms with Crippen LogP contribution in [0.25, 0.3) is 0 Å². The van der Waals surface area contributed by atoms with Crippen LogP contribution >= 0.6 is 0 Å². The summed E-state index contributed by atoms with van der Waals surface area (Å²) in [6, 6.07) is 0. The third kappa shape index (κ3) is 5.62. The highest BCUT2D eigenvalue weighted by atomic mass is 16.5. The second kappa shape index (κ2) is 8.17. The van der Waals surface area contributed by atoms with Gasteiger partial charge in [-0.2, -0.15) is 0 Å². The molecular weight excluding hydrogens is 256 g/mol. The first-order valence-electron chi connectivity index (χ1n) is 8.71. The monoisotopic (exact) mass is 292 g/mol. The van der Waals surface area contributed by atoms with Gasteiger partial charge in [-0.3, -0.25) is 0 Å². The van der Waals surface area contributed by atoms with Crippen LogP contribution in [0.5, 0.6) is 0 Å². The summed E-state index contributed by atoms with van der Waals surface area (Å²) in [6.45, 7) is 17.7. The van der Waals surface area contributed by atoms with E-state index in [4.69, 9.17) is 4.74 Å². The molecule has 0 radical (unpaired) electrons. The minimum Gasteiger partial charge on any atom is -0.374 e. The Labute approximate surface area is 132 Å². The van der Waals surface area contributed by atoms with E-state index in [0.717, 1.165) is 19.3 Å². The van der Waals surface area contributed by atoms with Gasteiger partial charge in [-0.1, -0.05) is 45.4 Å². The highest BCUT2D eigenvalue weighted by molar-refractivity contribution is 5.07. The molecule has 0 aromatic heterocycles. The number of hydrogen-bond acceptors (Lipinski definition) is 1. The van der Waals surface area contributed by atoms with Gasteiger partial charge in [0.05, 0.1) is 12.2 Å². The fourth-order valence-electron chi connectivity index (χ4n) is 3.56. The quantitative estimate of drug-likeness (QED) is 0.487. The second-order valence-electron chi connectivity index (χ2n) is 7.97. The van der Waals surface area contributed by atoms with Gasteiger partial charge in [0.15, 0.2) is 0 Å². The van der Waals surface area contributed by atoms with Gasteiger partial charge >= 0.3 is 0 Å². The zero-order chi connectivity index (χ0) is 16.0. The maximum Gasteiger partial charge on any atom is 0.0672 e. The van der Waals surface area contributed by atoms with Crippen LogP contribution in [0.4, 0.5) is 0 Å². The molecule has 3 atom stereocenters. The van der Waals surface area contributed by atoms with Crippen LogP contribution in [-0.4, -0.2) is 12.2 Å². The number of rotatable bonds is 8. The maximum absolute atomic E-state index is 6.46.